The van der Waals surface area contributed by atoms with E-state index in [0.717, 1.165) is 23.5 Å². The molecule has 0 saturated carbocycles. The molecule has 0 aliphatic heterocycles. The molecular weight excluding hydrogens is 268 g/mol. The smallest absolute Gasteiger partial charge is 0.0634 e. The summed E-state index contributed by atoms with van der Waals surface area (Å²) in [5.41, 5.74) is 6.78. The fourth-order valence-electron chi connectivity index (χ4n) is 2.36. The minimum atomic E-state index is 0.524. The van der Waals surface area contributed by atoms with Crippen LogP contribution in [0.3, 0.4) is 0 Å². The van der Waals surface area contributed by atoms with E-state index in [1.54, 1.807) is 0 Å². The van der Waals surface area contributed by atoms with Crippen LogP contribution in [-0.2, 0) is 6.42 Å². The largest absolute Gasteiger partial charge is 0.265 e. The minimum absolute atomic E-state index is 0.524. The molecule has 0 aliphatic rings. The third-order valence-electron chi connectivity index (χ3n) is 3.84. The second-order valence-electron chi connectivity index (χ2n) is 5.84. The van der Waals surface area contributed by atoms with Crippen LogP contribution in [0.15, 0.2) is 52.4 Å². The summed E-state index contributed by atoms with van der Waals surface area (Å²) in [7, 11) is 0. The van der Waals surface area contributed by atoms with Gasteiger partial charge in [-0.25, -0.2) is 0 Å². The summed E-state index contributed by atoms with van der Waals surface area (Å²) in [6.45, 7) is 12.2. The van der Waals surface area contributed by atoms with E-state index in [9.17, 15) is 0 Å². The third-order valence-corrected chi connectivity index (χ3v) is 3.84. The lowest BCUT2D eigenvalue weighted by Crippen LogP contribution is -1.99. The summed E-state index contributed by atoms with van der Waals surface area (Å²) in [6.07, 6.45) is 1.04. The molecule has 0 bridgehead atoms. The van der Waals surface area contributed by atoms with Crippen molar-refractivity contribution in [2.45, 2.75) is 40.0 Å². The molecule has 0 N–H and O–H groups in total. The van der Waals surface area contributed by atoms with Gasteiger partial charge in [-0.05, 0) is 79.1 Å². The van der Waals surface area contributed by atoms with Crippen molar-refractivity contribution in [3.63, 3.8) is 0 Å². The normalized spacial score (nSPS) is 11.8. The fraction of sp³-hybridized carbons (Fsp3) is 0.300. The van der Waals surface area contributed by atoms with Crippen LogP contribution in [0.4, 0.5) is 11.4 Å². The first-order valence-corrected chi connectivity index (χ1v) is 7.79. The Balaban J connectivity index is 2.38. The average Bonchev–Trinajstić information content (AvgIpc) is 2.54. The standard InChI is InChI=1S/C20H24N2/c1-6-16-11-17(14(2)3)13-18(12-16)15(4)22-20-9-7-19(21-5)8-10-20/h7-14H,5-6H2,1-4H3. The minimum Gasteiger partial charge on any atom is -0.265 e. The van der Waals surface area contributed by atoms with Crippen molar-refractivity contribution in [2.75, 3.05) is 0 Å². The van der Waals surface area contributed by atoms with E-state index in [-0.39, 0.29) is 0 Å². The van der Waals surface area contributed by atoms with Gasteiger partial charge in [0.05, 0.1) is 11.4 Å². The maximum atomic E-state index is 4.74. The van der Waals surface area contributed by atoms with Gasteiger partial charge in [-0.2, -0.15) is 0 Å². The highest BCUT2D eigenvalue weighted by molar-refractivity contribution is 6.00. The van der Waals surface area contributed by atoms with E-state index >= 15 is 0 Å². The van der Waals surface area contributed by atoms with E-state index in [0.29, 0.717) is 5.92 Å². The van der Waals surface area contributed by atoms with Crippen LogP contribution in [0.2, 0.25) is 0 Å². The van der Waals surface area contributed by atoms with Crippen molar-refractivity contribution in [2.24, 2.45) is 9.98 Å². The molecular formula is C20H24N2. The van der Waals surface area contributed by atoms with Gasteiger partial charge in [0.1, 0.15) is 0 Å². The summed E-state index contributed by atoms with van der Waals surface area (Å²) in [4.78, 5) is 8.64. The van der Waals surface area contributed by atoms with Gasteiger partial charge in [-0.1, -0.05) is 26.8 Å². The van der Waals surface area contributed by atoms with Crippen molar-refractivity contribution in [1.82, 2.24) is 0 Å². The van der Waals surface area contributed by atoms with Gasteiger partial charge in [0.2, 0.25) is 0 Å². The first-order chi connectivity index (χ1) is 10.5. The summed E-state index contributed by atoms with van der Waals surface area (Å²) in [6, 6.07) is 14.6. The molecule has 0 saturated heterocycles. The zero-order valence-electron chi connectivity index (χ0n) is 13.9. The van der Waals surface area contributed by atoms with Gasteiger partial charge in [0.15, 0.2) is 0 Å². The predicted molar refractivity (Wildman–Crippen MR) is 97.4 cm³/mol. The van der Waals surface area contributed by atoms with Crippen molar-refractivity contribution >= 4 is 23.8 Å². The number of benzene rings is 2. The Morgan fingerprint density at radius 1 is 1.05 bits per heavy atom. The quantitative estimate of drug-likeness (QED) is 0.618. The highest BCUT2D eigenvalue weighted by Gasteiger charge is 2.06. The number of nitrogens with zero attached hydrogens (tertiary/aromatic N) is 2. The van der Waals surface area contributed by atoms with Crippen molar-refractivity contribution in [3.8, 4) is 0 Å². The van der Waals surface area contributed by atoms with E-state index in [4.69, 9.17) is 4.99 Å². The highest BCUT2D eigenvalue weighted by atomic mass is 14.7. The fourth-order valence-corrected chi connectivity index (χ4v) is 2.36. The second kappa shape index (κ2) is 7.17. The molecule has 2 heteroatoms. The summed E-state index contributed by atoms with van der Waals surface area (Å²) in [5, 5.41) is 0. The van der Waals surface area contributed by atoms with Crippen LogP contribution in [0, 0.1) is 0 Å². The first-order valence-electron chi connectivity index (χ1n) is 7.79. The number of aliphatic imine (C=N–C) groups is 2. The van der Waals surface area contributed by atoms with Crippen LogP contribution in [-0.4, -0.2) is 12.4 Å². The zero-order chi connectivity index (χ0) is 16.1. The van der Waals surface area contributed by atoms with Crippen molar-refractivity contribution in [1.29, 1.82) is 0 Å². The van der Waals surface area contributed by atoms with Gasteiger partial charge in [0.25, 0.3) is 0 Å². The van der Waals surface area contributed by atoms with Gasteiger partial charge in [-0.3, -0.25) is 9.98 Å². The van der Waals surface area contributed by atoms with Crippen LogP contribution >= 0.6 is 0 Å². The monoisotopic (exact) mass is 292 g/mol. The van der Waals surface area contributed by atoms with Gasteiger partial charge in [-0.15, -0.1) is 0 Å². The molecule has 2 rings (SSSR count). The molecule has 0 spiro atoms. The SMILES string of the molecule is C=Nc1ccc(N=C(C)c2cc(CC)cc(C(C)C)c2)cc1. The Hall–Kier alpha value is -2.22. The summed E-state index contributed by atoms with van der Waals surface area (Å²) < 4.78 is 0. The van der Waals surface area contributed by atoms with E-state index in [1.807, 2.05) is 24.3 Å². The van der Waals surface area contributed by atoms with Crippen LogP contribution in [0.25, 0.3) is 0 Å². The Morgan fingerprint density at radius 2 is 1.68 bits per heavy atom. The molecule has 22 heavy (non-hydrogen) atoms. The van der Waals surface area contributed by atoms with E-state index in [2.05, 4.69) is 57.6 Å². The zero-order valence-corrected chi connectivity index (χ0v) is 13.9. The maximum absolute atomic E-state index is 4.74. The Kier molecular flexibility index (Phi) is 5.26. The molecule has 0 amide bonds. The molecule has 2 aromatic rings. The Morgan fingerprint density at radius 3 is 2.23 bits per heavy atom. The average molecular weight is 292 g/mol. The topological polar surface area (TPSA) is 24.7 Å². The molecule has 0 atom stereocenters. The third kappa shape index (κ3) is 3.91. The lowest BCUT2D eigenvalue weighted by atomic mass is 9.95. The first kappa shape index (κ1) is 16.2. The predicted octanol–water partition coefficient (Wildman–Crippen LogP) is 5.85. The highest BCUT2D eigenvalue weighted by Crippen LogP contribution is 2.22. The number of rotatable bonds is 5. The number of hydrogen-bond acceptors (Lipinski definition) is 2. The Bertz CT molecular complexity index is 679. The molecule has 0 unspecified atom stereocenters. The van der Waals surface area contributed by atoms with Crippen LogP contribution in [0.1, 0.15) is 50.3 Å². The van der Waals surface area contributed by atoms with Crippen LogP contribution < -0.4 is 0 Å². The maximum Gasteiger partial charge on any atom is 0.0634 e. The van der Waals surface area contributed by atoms with Crippen LogP contribution in [0.5, 0.6) is 0 Å². The van der Waals surface area contributed by atoms with Crippen molar-refractivity contribution < 1.29 is 0 Å². The lowest BCUT2D eigenvalue weighted by molar-refractivity contribution is 0.862. The van der Waals surface area contributed by atoms with E-state index in [1.165, 1.54) is 16.7 Å². The molecule has 0 radical (unpaired) electrons. The summed E-state index contributed by atoms with van der Waals surface area (Å²) >= 11 is 0. The second-order valence-corrected chi connectivity index (χ2v) is 5.84. The number of hydrogen-bond donors (Lipinski definition) is 0. The Labute approximate surface area is 133 Å². The van der Waals surface area contributed by atoms with Gasteiger partial charge in [0, 0.05) is 5.71 Å². The molecule has 0 aliphatic carbocycles. The number of aryl methyl sites for hydroxylation is 1. The summed E-state index contributed by atoms with van der Waals surface area (Å²) in [5.74, 6) is 0.524. The molecule has 0 fully saturated rings. The van der Waals surface area contributed by atoms with Crippen molar-refractivity contribution in [3.05, 3.63) is 59.2 Å². The lowest BCUT2D eigenvalue weighted by Gasteiger charge is -2.11. The van der Waals surface area contributed by atoms with Gasteiger partial charge >= 0.3 is 0 Å². The molecule has 2 nitrogen and oxygen atoms in total. The van der Waals surface area contributed by atoms with E-state index < -0.39 is 0 Å². The van der Waals surface area contributed by atoms with Gasteiger partial charge < -0.3 is 0 Å². The molecule has 2 aromatic carbocycles. The molecule has 114 valence electrons. The molecule has 0 aromatic heterocycles. The molecule has 0 heterocycles.